The Bertz CT molecular complexity index is 562. The van der Waals surface area contributed by atoms with Crippen LogP contribution in [0.4, 0.5) is 0 Å². The molecule has 1 amide bonds. The second-order valence-electron chi connectivity index (χ2n) is 4.95. The normalized spacial score (nSPS) is 24.6. The highest BCUT2D eigenvalue weighted by Crippen LogP contribution is 2.29. The van der Waals surface area contributed by atoms with E-state index in [1.807, 2.05) is 13.8 Å². The first-order valence-corrected chi connectivity index (χ1v) is 7.41. The molecule has 0 aromatic heterocycles. The standard InChI is InChI=1S/C13H17NO3S/c1-9-4-6-12(7-5-9)18(16,17)14-8-10(2)11(3)13(14)15/h4-7,10-11H,8H2,1-3H3/t10-,11+/m1/s1. The minimum atomic E-state index is -3.69. The molecular formula is C13H17NO3S. The van der Waals surface area contributed by atoms with Gasteiger partial charge < -0.3 is 0 Å². The Kier molecular flexibility index (Phi) is 3.19. The molecule has 0 saturated carbocycles. The van der Waals surface area contributed by atoms with Gasteiger partial charge in [-0.05, 0) is 25.0 Å². The van der Waals surface area contributed by atoms with Crippen LogP contribution in [0.5, 0.6) is 0 Å². The second kappa shape index (κ2) is 4.39. The smallest absolute Gasteiger partial charge is 0.266 e. The summed E-state index contributed by atoms with van der Waals surface area (Å²) >= 11 is 0. The minimum absolute atomic E-state index is 0.0673. The average Bonchev–Trinajstić information content (AvgIpc) is 2.58. The number of benzene rings is 1. The van der Waals surface area contributed by atoms with E-state index < -0.39 is 10.0 Å². The number of hydrogen-bond donors (Lipinski definition) is 0. The van der Waals surface area contributed by atoms with Gasteiger partial charge in [0, 0.05) is 12.5 Å². The molecular weight excluding hydrogens is 250 g/mol. The molecule has 0 radical (unpaired) electrons. The number of sulfonamides is 1. The first kappa shape index (κ1) is 13.1. The van der Waals surface area contributed by atoms with Crippen molar-refractivity contribution in [2.24, 2.45) is 11.8 Å². The minimum Gasteiger partial charge on any atom is -0.273 e. The van der Waals surface area contributed by atoms with Crippen molar-refractivity contribution in [1.82, 2.24) is 4.31 Å². The summed E-state index contributed by atoms with van der Waals surface area (Å²) in [6.07, 6.45) is 0. The van der Waals surface area contributed by atoms with Gasteiger partial charge >= 0.3 is 0 Å². The third-order valence-corrected chi connectivity index (χ3v) is 5.33. The molecule has 1 saturated heterocycles. The largest absolute Gasteiger partial charge is 0.273 e. The fraction of sp³-hybridized carbons (Fsp3) is 0.462. The van der Waals surface area contributed by atoms with E-state index in [-0.39, 0.29) is 29.2 Å². The first-order valence-electron chi connectivity index (χ1n) is 5.97. The quantitative estimate of drug-likeness (QED) is 0.821. The topological polar surface area (TPSA) is 54.5 Å². The Labute approximate surface area is 108 Å². The summed E-state index contributed by atoms with van der Waals surface area (Å²) in [5, 5.41) is 0. The van der Waals surface area contributed by atoms with E-state index in [1.165, 1.54) is 0 Å². The monoisotopic (exact) mass is 267 g/mol. The summed E-state index contributed by atoms with van der Waals surface area (Å²) in [5.41, 5.74) is 0.989. The zero-order chi connectivity index (χ0) is 13.5. The lowest BCUT2D eigenvalue weighted by molar-refractivity contribution is -0.126. The van der Waals surface area contributed by atoms with Gasteiger partial charge in [0.15, 0.2) is 0 Å². The molecule has 1 aromatic carbocycles. The molecule has 1 heterocycles. The Balaban J connectivity index is 2.38. The molecule has 18 heavy (non-hydrogen) atoms. The van der Waals surface area contributed by atoms with E-state index in [2.05, 4.69) is 0 Å². The fourth-order valence-corrected chi connectivity index (χ4v) is 3.60. The van der Waals surface area contributed by atoms with Crippen LogP contribution in [-0.4, -0.2) is 25.2 Å². The van der Waals surface area contributed by atoms with E-state index in [1.54, 1.807) is 31.2 Å². The van der Waals surface area contributed by atoms with Crippen LogP contribution in [0.25, 0.3) is 0 Å². The lowest BCUT2D eigenvalue weighted by atomic mass is 10.0. The molecule has 0 aliphatic carbocycles. The predicted molar refractivity (Wildman–Crippen MR) is 68.4 cm³/mol. The summed E-state index contributed by atoms with van der Waals surface area (Å²) in [6, 6.07) is 6.57. The summed E-state index contributed by atoms with van der Waals surface area (Å²) in [5.74, 6) is -0.467. The van der Waals surface area contributed by atoms with Gasteiger partial charge in [0.2, 0.25) is 5.91 Å². The van der Waals surface area contributed by atoms with Crippen molar-refractivity contribution < 1.29 is 13.2 Å². The molecule has 98 valence electrons. The van der Waals surface area contributed by atoms with Gasteiger partial charge in [0.05, 0.1) is 4.90 Å². The lowest BCUT2D eigenvalue weighted by Crippen LogP contribution is -2.33. The van der Waals surface area contributed by atoms with E-state index in [0.717, 1.165) is 9.87 Å². The van der Waals surface area contributed by atoms with Crippen LogP contribution in [0, 0.1) is 18.8 Å². The summed E-state index contributed by atoms with van der Waals surface area (Å²) in [7, 11) is -3.69. The molecule has 0 bridgehead atoms. The molecule has 2 atom stereocenters. The fourth-order valence-electron chi connectivity index (χ4n) is 2.03. The van der Waals surface area contributed by atoms with Crippen molar-refractivity contribution in [2.45, 2.75) is 25.7 Å². The van der Waals surface area contributed by atoms with Crippen LogP contribution in [0.15, 0.2) is 29.2 Å². The molecule has 0 unspecified atom stereocenters. The third-order valence-electron chi connectivity index (χ3n) is 3.55. The molecule has 4 nitrogen and oxygen atoms in total. The van der Waals surface area contributed by atoms with Crippen molar-refractivity contribution >= 4 is 15.9 Å². The van der Waals surface area contributed by atoms with Gasteiger partial charge in [0.1, 0.15) is 0 Å². The molecule has 1 aliphatic heterocycles. The summed E-state index contributed by atoms with van der Waals surface area (Å²) in [4.78, 5) is 12.1. The molecule has 2 rings (SSSR count). The van der Waals surface area contributed by atoms with Crippen molar-refractivity contribution in [3.63, 3.8) is 0 Å². The number of hydrogen-bond acceptors (Lipinski definition) is 3. The highest BCUT2D eigenvalue weighted by Gasteiger charge is 2.41. The van der Waals surface area contributed by atoms with Crippen LogP contribution >= 0.6 is 0 Å². The summed E-state index contributed by atoms with van der Waals surface area (Å²) < 4.78 is 25.7. The van der Waals surface area contributed by atoms with Crippen LogP contribution in [0.3, 0.4) is 0 Å². The van der Waals surface area contributed by atoms with E-state index >= 15 is 0 Å². The Hall–Kier alpha value is -1.36. The van der Waals surface area contributed by atoms with Gasteiger partial charge in [-0.3, -0.25) is 4.79 Å². The number of nitrogens with zero attached hydrogens (tertiary/aromatic N) is 1. The van der Waals surface area contributed by atoms with Gasteiger partial charge in [-0.2, -0.15) is 0 Å². The molecule has 1 aromatic rings. The van der Waals surface area contributed by atoms with Crippen LogP contribution in [0.2, 0.25) is 0 Å². The van der Waals surface area contributed by atoms with Crippen molar-refractivity contribution in [1.29, 1.82) is 0 Å². The Morgan fingerprint density at radius 1 is 1.17 bits per heavy atom. The van der Waals surface area contributed by atoms with Crippen molar-refractivity contribution in [3.8, 4) is 0 Å². The number of aryl methyl sites for hydroxylation is 1. The highest BCUT2D eigenvalue weighted by atomic mass is 32.2. The second-order valence-corrected chi connectivity index (χ2v) is 6.82. The molecule has 5 heteroatoms. The average molecular weight is 267 g/mol. The van der Waals surface area contributed by atoms with Crippen LogP contribution in [-0.2, 0) is 14.8 Å². The first-order chi connectivity index (χ1) is 8.34. The Morgan fingerprint density at radius 3 is 2.17 bits per heavy atom. The Morgan fingerprint density at radius 2 is 1.72 bits per heavy atom. The van der Waals surface area contributed by atoms with Crippen molar-refractivity contribution in [3.05, 3.63) is 29.8 Å². The number of amides is 1. The van der Waals surface area contributed by atoms with Gasteiger partial charge in [0.25, 0.3) is 10.0 Å². The van der Waals surface area contributed by atoms with E-state index in [0.29, 0.717) is 0 Å². The number of rotatable bonds is 2. The van der Waals surface area contributed by atoms with Gasteiger partial charge in [-0.25, -0.2) is 12.7 Å². The SMILES string of the molecule is Cc1ccc(S(=O)(=O)N2C[C@@H](C)[C@H](C)C2=O)cc1. The number of carbonyl (C=O) groups is 1. The summed E-state index contributed by atoms with van der Waals surface area (Å²) in [6.45, 7) is 5.84. The maximum Gasteiger partial charge on any atom is 0.266 e. The molecule has 1 fully saturated rings. The maximum absolute atomic E-state index is 12.4. The zero-order valence-electron chi connectivity index (χ0n) is 10.8. The van der Waals surface area contributed by atoms with E-state index in [9.17, 15) is 13.2 Å². The molecule has 0 N–H and O–H groups in total. The predicted octanol–water partition coefficient (Wildman–Crippen LogP) is 1.80. The maximum atomic E-state index is 12.4. The zero-order valence-corrected chi connectivity index (χ0v) is 11.6. The highest BCUT2D eigenvalue weighted by molar-refractivity contribution is 7.89. The van der Waals surface area contributed by atoms with Gasteiger partial charge in [-0.1, -0.05) is 31.5 Å². The van der Waals surface area contributed by atoms with Crippen molar-refractivity contribution in [2.75, 3.05) is 6.54 Å². The van der Waals surface area contributed by atoms with Crippen LogP contribution < -0.4 is 0 Å². The third kappa shape index (κ3) is 2.03. The van der Waals surface area contributed by atoms with E-state index in [4.69, 9.17) is 0 Å². The molecule has 0 spiro atoms. The van der Waals surface area contributed by atoms with Crippen LogP contribution in [0.1, 0.15) is 19.4 Å². The lowest BCUT2D eigenvalue weighted by Gasteiger charge is -2.16. The molecule has 1 aliphatic rings. The van der Waals surface area contributed by atoms with Gasteiger partial charge in [-0.15, -0.1) is 0 Å². The number of carbonyl (C=O) groups excluding carboxylic acids is 1.